The number of aromatic nitrogens is 2. The molecule has 2 unspecified atom stereocenters. The van der Waals surface area contributed by atoms with Crippen molar-refractivity contribution in [3.63, 3.8) is 0 Å². The summed E-state index contributed by atoms with van der Waals surface area (Å²) >= 11 is 0. The molecule has 3 nitrogen and oxygen atoms in total. The molecule has 0 aromatic carbocycles. The summed E-state index contributed by atoms with van der Waals surface area (Å²) in [5, 5.41) is 7.85. The molecular formula is C12H21N3. The van der Waals surface area contributed by atoms with Gasteiger partial charge in [0, 0.05) is 12.7 Å². The summed E-state index contributed by atoms with van der Waals surface area (Å²) < 4.78 is 2.03. The van der Waals surface area contributed by atoms with Crippen LogP contribution in [0.15, 0.2) is 12.4 Å². The summed E-state index contributed by atoms with van der Waals surface area (Å²) in [5.74, 6) is 1.50. The van der Waals surface area contributed by atoms with Crippen LogP contribution in [0.5, 0.6) is 0 Å². The molecule has 1 fully saturated rings. The van der Waals surface area contributed by atoms with E-state index in [1.165, 1.54) is 24.9 Å². The SMILES string of the molecule is CCC1CNCCC1c1cnn(CC)c1. The second-order valence-electron chi connectivity index (χ2n) is 4.40. The molecule has 0 spiro atoms. The largest absolute Gasteiger partial charge is 0.316 e. The summed E-state index contributed by atoms with van der Waals surface area (Å²) in [6, 6.07) is 0. The Balaban J connectivity index is 2.12. The third-order valence-electron chi connectivity index (χ3n) is 3.54. The molecule has 0 bridgehead atoms. The first-order valence-corrected chi connectivity index (χ1v) is 6.08. The first-order valence-electron chi connectivity index (χ1n) is 6.08. The minimum atomic E-state index is 0.719. The molecule has 0 amide bonds. The van der Waals surface area contributed by atoms with Gasteiger partial charge in [-0.15, -0.1) is 0 Å². The van der Waals surface area contributed by atoms with Crippen molar-refractivity contribution in [1.82, 2.24) is 15.1 Å². The number of rotatable bonds is 3. The summed E-state index contributed by atoms with van der Waals surface area (Å²) in [7, 11) is 0. The summed E-state index contributed by atoms with van der Waals surface area (Å²) in [5.41, 5.74) is 1.44. The van der Waals surface area contributed by atoms with Gasteiger partial charge in [0.05, 0.1) is 6.20 Å². The van der Waals surface area contributed by atoms with Crippen molar-refractivity contribution < 1.29 is 0 Å². The van der Waals surface area contributed by atoms with E-state index in [0.717, 1.165) is 24.9 Å². The van der Waals surface area contributed by atoms with Crippen LogP contribution >= 0.6 is 0 Å². The minimum absolute atomic E-state index is 0.719. The van der Waals surface area contributed by atoms with Crippen LogP contribution in [-0.4, -0.2) is 22.9 Å². The van der Waals surface area contributed by atoms with Crippen molar-refractivity contribution in [3.05, 3.63) is 18.0 Å². The van der Waals surface area contributed by atoms with Gasteiger partial charge >= 0.3 is 0 Å². The number of aryl methyl sites for hydroxylation is 1. The van der Waals surface area contributed by atoms with Crippen LogP contribution in [-0.2, 0) is 6.54 Å². The average Bonchev–Trinajstić information content (AvgIpc) is 2.77. The highest BCUT2D eigenvalue weighted by Crippen LogP contribution is 2.31. The first kappa shape index (κ1) is 10.7. The molecule has 0 saturated carbocycles. The van der Waals surface area contributed by atoms with Crippen LogP contribution in [0.2, 0.25) is 0 Å². The average molecular weight is 207 g/mol. The topological polar surface area (TPSA) is 29.9 Å². The monoisotopic (exact) mass is 207 g/mol. The summed E-state index contributed by atoms with van der Waals surface area (Å²) in [6.45, 7) is 7.71. The molecule has 1 aliphatic rings. The van der Waals surface area contributed by atoms with E-state index in [0.29, 0.717) is 0 Å². The highest BCUT2D eigenvalue weighted by molar-refractivity contribution is 5.14. The Bertz CT molecular complexity index is 306. The van der Waals surface area contributed by atoms with Crippen LogP contribution in [0.3, 0.4) is 0 Å². The van der Waals surface area contributed by atoms with Gasteiger partial charge in [-0.2, -0.15) is 5.10 Å². The second-order valence-corrected chi connectivity index (χ2v) is 4.40. The highest BCUT2D eigenvalue weighted by atomic mass is 15.3. The lowest BCUT2D eigenvalue weighted by Crippen LogP contribution is -2.34. The maximum atomic E-state index is 4.37. The molecule has 0 radical (unpaired) electrons. The number of nitrogens with one attached hydrogen (secondary N) is 1. The quantitative estimate of drug-likeness (QED) is 0.821. The van der Waals surface area contributed by atoms with E-state index in [9.17, 15) is 0 Å². The zero-order valence-electron chi connectivity index (χ0n) is 9.74. The second kappa shape index (κ2) is 4.79. The first-order chi connectivity index (χ1) is 7.35. The Labute approximate surface area is 91.9 Å². The molecule has 84 valence electrons. The van der Waals surface area contributed by atoms with Gasteiger partial charge in [-0.25, -0.2) is 0 Å². The van der Waals surface area contributed by atoms with Crippen molar-refractivity contribution in [2.24, 2.45) is 5.92 Å². The van der Waals surface area contributed by atoms with Gasteiger partial charge in [-0.3, -0.25) is 4.68 Å². The summed E-state index contributed by atoms with van der Waals surface area (Å²) in [4.78, 5) is 0. The maximum absolute atomic E-state index is 4.37. The Morgan fingerprint density at radius 3 is 3.07 bits per heavy atom. The molecule has 0 aliphatic carbocycles. The zero-order valence-corrected chi connectivity index (χ0v) is 9.74. The smallest absolute Gasteiger partial charge is 0.0524 e. The standard InChI is InChI=1S/C12H21N3/c1-3-10-7-13-6-5-12(10)11-8-14-15(4-2)9-11/h8-10,12-13H,3-7H2,1-2H3. The van der Waals surface area contributed by atoms with Crippen molar-refractivity contribution in [1.29, 1.82) is 0 Å². The maximum Gasteiger partial charge on any atom is 0.0524 e. The Kier molecular flexibility index (Phi) is 3.41. The molecule has 1 aliphatic heterocycles. The van der Waals surface area contributed by atoms with Gasteiger partial charge < -0.3 is 5.32 Å². The Morgan fingerprint density at radius 2 is 2.40 bits per heavy atom. The predicted molar refractivity (Wildman–Crippen MR) is 61.9 cm³/mol. The van der Waals surface area contributed by atoms with E-state index >= 15 is 0 Å². The lowest BCUT2D eigenvalue weighted by atomic mass is 9.81. The molecule has 2 rings (SSSR count). The van der Waals surface area contributed by atoms with Crippen molar-refractivity contribution in [3.8, 4) is 0 Å². The highest BCUT2D eigenvalue weighted by Gasteiger charge is 2.25. The van der Waals surface area contributed by atoms with Crippen molar-refractivity contribution in [2.45, 2.75) is 39.2 Å². The lowest BCUT2D eigenvalue weighted by Gasteiger charge is -2.30. The van der Waals surface area contributed by atoms with Gasteiger partial charge in [-0.05, 0) is 43.8 Å². The van der Waals surface area contributed by atoms with E-state index in [1.54, 1.807) is 0 Å². The van der Waals surface area contributed by atoms with Gasteiger partial charge in [0.2, 0.25) is 0 Å². The molecule has 2 heterocycles. The molecule has 15 heavy (non-hydrogen) atoms. The van der Waals surface area contributed by atoms with Crippen LogP contribution in [0.25, 0.3) is 0 Å². The third-order valence-corrected chi connectivity index (χ3v) is 3.54. The molecular weight excluding hydrogens is 186 g/mol. The number of piperidine rings is 1. The molecule has 1 aromatic heterocycles. The van der Waals surface area contributed by atoms with E-state index < -0.39 is 0 Å². The van der Waals surface area contributed by atoms with Crippen LogP contribution in [0.1, 0.15) is 38.2 Å². The zero-order chi connectivity index (χ0) is 10.7. The molecule has 3 heteroatoms. The number of hydrogen-bond donors (Lipinski definition) is 1. The molecule has 1 N–H and O–H groups in total. The van der Waals surface area contributed by atoms with E-state index in [-0.39, 0.29) is 0 Å². The molecule has 1 aromatic rings. The van der Waals surface area contributed by atoms with Gasteiger partial charge in [0.15, 0.2) is 0 Å². The Hall–Kier alpha value is -0.830. The predicted octanol–water partition coefficient (Wildman–Crippen LogP) is 2.01. The molecule has 2 atom stereocenters. The Morgan fingerprint density at radius 1 is 1.53 bits per heavy atom. The number of nitrogens with zero attached hydrogens (tertiary/aromatic N) is 2. The van der Waals surface area contributed by atoms with E-state index in [1.807, 2.05) is 4.68 Å². The number of hydrogen-bond acceptors (Lipinski definition) is 2. The lowest BCUT2D eigenvalue weighted by molar-refractivity contribution is 0.318. The van der Waals surface area contributed by atoms with E-state index in [4.69, 9.17) is 0 Å². The fourth-order valence-corrected chi connectivity index (χ4v) is 2.53. The van der Waals surface area contributed by atoms with Crippen LogP contribution in [0.4, 0.5) is 0 Å². The normalized spacial score (nSPS) is 26.8. The van der Waals surface area contributed by atoms with Crippen LogP contribution < -0.4 is 5.32 Å². The van der Waals surface area contributed by atoms with Crippen molar-refractivity contribution >= 4 is 0 Å². The fraction of sp³-hybridized carbons (Fsp3) is 0.750. The molecule has 1 saturated heterocycles. The fourth-order valence-electron chi connectivity index (χ4n) is 2.53. The van der Waals surface area contributed by atoms with Gasteiger partial charge in [-0.1, -0.05) is 13.3 Å². The third kappa shape index (κ3) is 2.23. The van der Waals surface area contributed by atoms with Crippen LogP contribution in [0, 0.1) is 5.92 Å². The van der Waals surface area contributed by atoms with Gasteiger partial charge in [0.25, 0.3) is 0 Å². The summed E-state index contributed by atoms with van der Waals surface area (Å²) in [6.07, 6.45) is 6.80. The van der Waals surface area contributed by atoms with Crippen molar-refractivity contribution in [2.75, 3.05) is 13.1 Å². The minimum Gasteiger partial charge on any atom is -0.316 e. The van der Waals surface area contributed by atoms with E-state index in [2.05, 4.69) is 36.7 Å². The van der Waals surface area contributed by atoms with Gasteiger partial charge in [0.1, 0.15) is 0 Å².